The van der Waals surface area contributed by atoms with Gasteiger partial charge >= 0.3 is 0 Å². The second-order valence-electron chi connectivity index (χ2n) is 23.3. The van der Waals surface area contributed by atoms with Gasteiger partial charge in [0.25, 0.3) is 0 Å². The molecule has 2 unspecified atom stereocenters. The zero-order valence-electron chi connectivity index (χ0n) is 48.3. The average molecular weight is 1310 g/mol. The number of hydrogen-bond acceptors (Lipinski definition) is 12. The van der Waals surface area contributed by atoms with Crippen molar-refractivity contribution in [1.82, 2.24) is 19.9 Å². The van der Waals surface area contributed by atoms with Crippen LogP contribution in [-0.4, -0.2) is 87.4 Å². The van der Waals surface area contributed by atoms with Crippen molar-refractivity contribution in [2.75, 3.05) is 48.6 Å². The molecule has 0 N–H and O–H groups in total. The van der Waals surface area contributed by atoms with Crippen molar-refractivity contribution in [2.24, 2.45) is 11.8 Å². The smallest absolute Gasteiger partial charge is 0.231 e. The highest BCUT2D eigenvalue weighted by molar-refractivity contribution is 9.10. The summed E-state index contributed by atoms with van der Waals surface area (Å²) in [5, 5.41) is 0. The van der Waals surface area contributed by atoms with Crippen molar-refractivity contribution < 1.29 is 35.9 Å². The molecule has 6 aromatic rings. The van der Waals surface area contributed by atoms with E-state index in [1.807, 2.05) is 40.1 Å². The molecule has 2 atom stereocenters. The Morgan fingerprint density at radius 2 is 1.01 bits per heavy atom. The number of anilines is 2. The largest absolute Gasteiger partial charge is 0.480 e. The molecule has 2 aliphatic heterocycles. The van der Waals surface area contributed by atoms with Crippen LogP contribution in [0.5, 0.6) is 11.8 Å². The molecular weight excluding hydrogens is 1240 g/mol. The minimum absolute atomic E-state index is 0. The molecular formula is C64H76Br2N6O8S3. The molecule has 2 amide bonds. The SMILES string of the molecule is CCS(=O)(=O)c1ccc(CCC(=O)N2CC(C)(C3CCC3)c3cc(-c4c(OC)ncnc4C4CC4)ccc32)cc1.CCS(=O)(=O)c1ccc(CCC(=O)N2CC(C)(C3CCC3)c3cc(Br)ccc32)cc1.COc1ncnc(C2CC2)c1Br.S. The van der Waals surface area contributed by atoms with Crippen LogP contribution in [0.4, 0.5) is 11.4 Å². The fraction of sp³-hybridized carbons (Fsp3) is 0.469. The number of amides is 2. The summed E-state index contributed by atoms with van der Waals surface area (Å²) in [6, 6.07) is 26.6. The molecule has 2 aromatic heterocycles. The normalized spacial score (nSPS) is 20.0. The van der Waals surface area contributed by atoms with E-state index in [-0.39, 0.29) is 47.6 Å². The van der Waals surface area contributed by atoms with E-state index in [9.17, 15) is 26.4 Å². The maximum Gasteiger partial charge on any atom is 0.231 e. The number of benzene rings is 4. The van der Waals surface area contributed by atoms with E-state index in [1.54, 1.807) is 65.0 Å². The first-order valence-electron chi connectivity index (χ1n) is 28.9. The second kappa shape index (κ2) is 25.8. The Morgan fingerprint density at radius 3 is 1.45 bits per heavy atom. The molecule has 83 heavy (non-hydrogen) atoms. The van der Waals surface area contributed by atoms with Crippen LogP contribution in [0.15, 0.2) is 116 Å². The highest BCUT2D eigenvalue weighted by Gasteiger charge is 2.49. The molecule has 4 heterocycles. The van der Waals surface area contributed by atoms with Crippen molar-refractivity contribution in [2.45, 2.75) is 150 Å². The molecule has 4 saturated carbocycles. The first kappa shape index (κ1) is 62.3. The molecule has 4 fully saturated rings. The second-order valence-corrected chi connectivity index (χ2v) is 29.6. The van der Waals surface area contributed by atoms with Gasteiger partial charge in [-0.3, -0.25) is 9.59 Å². The number of carbonyl (C=O) groups excluding carboxylic acids is 2. The molecule has 4 aromatic carbocycles. The van der Waals surface area contributed by atoms with E-state index in [1.165, 1.54) is 62.5 Å². The maximum atomic E-state index is 13.7. The number of methoxy groups -OCH3 is 2. The van der Waals surface area contributed by atoms with Gasteiger partial charge in [0.15, 0.2) is 19.7 Å². The lowest BCUT2D eigenvalue weighted by atomic mass is 9.64. The van der Waals surface area contributed by atoms with Crippen molar-refractivity contribution in [3.8, 4) is 22.9 Å². The van der Waals surface area contributed by atoms with Crippen molar-refractivity contribution in [1.29, 1.82) is 0 Å². The molecule has 0 saturated heterocycles. The Labute approximate surface area is 513 Å². The van der Waals surface area contributed by atoms with Gasteiger partial charge in [-0.1, -0.05) is 86.8 Å². The Balaban J connectivity index is 0.000000169. The lowest BCUT2D eigenvalue weighted by Crippen LogP contribution is -2.42. The number of rotatable bonds is 17. The summed E-state index contributed by atoms with van der Waals surface area (Å²) < 4.78 is 61.0. The molecule has 4 aliphatic carbocycles. The summed E-state index contributed by atoms with van der Waals surface area (Å²) in [7, 11) is -3.16. The van der Waals surface area contributed by atoms with Crippen LogP contribution in [-0.2, 0) is 52.9 Å². The maximum absolute atomic E-state index is 13.7. The molecule has 442 valence electrons. The minimum atomic E-state index is -3.23. The van der Waals surface area contributed by atoms with E-state index in [2.05, 4.69) is 96.0 Å². The molecule has 12 rings (SSSR count). The standard InChI is InChI=1S/C32H37N3O4S.C24H28BrNO3S.C8H9BrN2O.H2S/c1-4-40(37,38)25-14-8-21(9-15-25)10-17-28(36)35-19-32(2,24-6-5-7-24)26-18-23(13-16-27(26)35)29-30(22-11-12-22)33-20-34-31(29)39-3;1-3-30(28,29)20-11-7-17(8-12-20)9-14-23(27)26-16-24(2,18-5-4-6-18)21-15-19(25)10-13-22(21)26;1-12-8-6(9)7(5-2-3-5)10-4-11-8;/h8-9,13-16,18,20,22,24H,4-7,10-12,17,19H2,1-3H3;7-8,10-13,15,18H,3-6,9,14,16H2,1-2H3;4-5H,2-3H2,1H3;1H2. The van der Waals surface area contributed by atoms with E-state index < -0.39 is 19.7 Å². The summed E-state index contributed by atoms with van der Waals surface area (Å²) in [4.78, 5) is 48.7. The van der Waals surface area contributed by atoms with Crippen LogP contribution in [0.1, 0.15) is 150 Å². The molecule has 0 bridgehead atoms. The monoisotopic (exact) mass is 1310 g/mol. The van der Waals surface area contributed by atoms with Crippen LogP contribution < -0.4 is 19.3 Å². The number of carbonyl (C=O) groups is 2. The van der Waals surface area contributed by atoms with E-state index >= 15 is 0 Å². The number of aromatic nitrogens is 4. The molecule has 6 aliphatic rings. The highest BCUT2D eigenvalue weighted by atomic mass is 79.9. The number of hydrogen-bond donors (Lipinski definition) is 0. The fourth-order valence-electron chi connectivity index (χ4n) is 12.3. The van der Waals surface area contributed by atoms with Gasteiger partial charge in [-0.2, -0.15) is 13.5 Å². The Kier molecular flexibility index (Phi) is 19.4. The highest BCUT2D eigenvalue weighted by Crippen LogP contribution is 2.55. The van der Waals surface area contributed by atoms with Gasteiger partial charge < -0.3 is 19.3 Å². The van der Waals surface area contributed by atoms with Gasteiger partial charge in [0.2, 0.25) is 23.6 Å². The minimum Gasteiger partial charge on any atom is -0.480 e. The third-order valence-electron chi connectivity index (χ3n) is 18.2. The number of nitrogens with zero attached hydrogens (tertiary/aromatic N) is 6. The van der Waals surface area contributed by atoms with Gasteiger partial charge in [0.1, 0.15) is 17.1 Å². The van der Waals surface area contributed by atoms with E-state index in [4.69, 9.17) is 9.47 Å². The summed E-state index contributed by atoms with van der Waals surface area (Å²) >= 11 is 7.03. The number of ether oxygens (including phenoxy) is 2. The van der Waals surface area contributed by atoms with Gasteiger partial charge in [-0.05, 0) is 174 Å². The van der Waals surface area contributed by atoms with Crippen molar-refractivity contribution >= 4 is 88.2 Å². The third-order valence-corrected chi connectivity index (χ3v) is 22.9. The number of fused-ring (bicyclic) bond motifs is 2. The molecule has 14 nitrogen and oxygen atoms in total. The average Bonchev–Trinajstić information content (AvgIpc) is 3.41. The fourth-order valence-corrected chi connectivity index (χ4v) is 15.1. The zero-order valence-corrected chi connectivity index (χ0v) is 54.1. The predicted octanol–water partition coefficient (Wildman–Crippen LogP) is 13.4. The Morgan fingerprint density at radius 1 is 0.578 bits per heavy atom. The van der Waals surface area contributed by atoms with E-state index in [0.717, 1.165) is 73.3 Å². The van der Waals surface area contributed by atoms with Gasteiger partial charge in [-0.15, -0.1) is 0 Å². The van der Waals surface area contributed by atoms with Gasteiger partial charge in [-0.25, -0.2) is 36.8 Å². The summed E-state index contributed by atoms with van der Waals surface area (Å²) in [5.41, 5.74) is 10.6. The number of aryl methyl sites for hydroxylation is 2. The number of halogens is 2. The Bertz CT molecular complexity index is 3580. The molecule has 19 heteroatoms. The van der Waals surface area contributed by atoms with Crippen LogP contribution in [0, 0.1) is 11.8 Å². The van der Waals surface area contributed by atoms with Crippen LogP contribution >= 0.6 is 45.4 Å². The summed E-state index contributed by atoms with van der Waals surface area (Å²) in [6.07, 6.45) is 17.2. The quantitative estimate of drug-likeness (QED) is 0.0845. The van der Waals surface area contributed by atoms with Crippen molar-refractivity contribution in [3.63, 3.8) is 0 Å². The van der Waals surface area contributed by atoms with Crippen LogP contribution in [0.25, 0.3) is 11.1 Å². The van der Waals surface area contributed by atoms with Crippen molar-refractivity contribution in [3.05, 3.63) is 140 Å². The molecule has 0 spiro atoms. The lowest BCUT2D eigenvalue weighted by Gasteiger charge is -2.41. The Hall–Kier alpha value is -5.21. The van der Waals surface area contributed by atoms with Gasteiger partial charge in [0.05, 0.1) is 52.5 Å². The number of sulfone groups is 2. The topological polar surface area (TPSA) is 179 Å². The first-order chi connectivity index (χ1) is 39.3. The zero-order chi connectivity index (χ0) is 58.1. The summed E-state index contributed by atoms with van der Waals surface area (Å²) in [6.45, 7) is 9.34. The first-order valence-corrected chi connectivity index (χ1v) is 33.8. The van der Waals surface area contributed by atoms with Gasteiger partial charge in [0, 0.05) is 64.4 Å². The van der Waals surface area contributed by atoms with Crippen LogP contribution in [0.3, 0.4) is 0 Å². The summed E-state index contributed by atoms with van der Waals surface area (Å²) in [5.74, 6) is 3.89. The van der Waals surface area contributed by atoms with Crippen LogP contribution in [0.2, 0.25) is 0 Å². The predicted molar refractivity (Wildman–Crippen MR) is 338 cm³/mol. The van der Waals surface area contributed by atoms with E-state index in [0.29, 0.717) is 77.5 Å². The third kappa shape index (κ3) is 13.1. The molecule has 0 radical (unpaired) electrons. The lowest BCUT2D eigenvalue weighted by molar-refractivity contribution is -0.119.